The first-order valence-corrected chi connectivity index (χ1v) is 6.51. The molecular formula is C11H12FN5S. The van der Waals surface area contributed by atoms with Crippen LogP contribution in [0.4, 0.5) is 15.2 Å². The first-order chi connectivity index (χ1) is 8.83. The predicted molar refractivity (Wildman–Crippen MR) is 68.5 cm³/mol. The van der Waals surface area contributed by atoms with Crippen molar-refractivity contribution < 1.29 is 4.39 Å². The van der Waals surface area contributed by atoms with Crippen molar-refractivity contribution in [2.75, 3.05) is 36.0 Å². The van der Waals surface area contributed by atoms with Crippen molar-refractivity contribution >= 4 is 22.4 Å². The van der Waals surface area contributed by atoms with Crippen LogP contribution in [0.25, 0.3) is 0 Å². The van der Waals surface area contributed by atoms with Crippen molar-refractivity contribution in [3.8, 4) is 0 Å². The zero-order chi connectivity index (χ0) is 12.4. The van der Waals surface area contributed by atoms with Gasteiger partial charge in [0.25, 0.3) is 0 Å². The molecule has 0 atom stereocenters. The van der Waals surface area contributed by atoms with Gasteiger partial charge in [0.05, 0.1) is 0 Å². The lowest BCUT2D eigenvalue weighted by Gasteiger charge is -2.35. The lowest BCUT2D eigenvalue weighted by molar-refractivity contribution is 0.624. The molecule has 1 saturated heterocycles. The second-order valence-electron chi connectivity index (χ2n) is 4.10. The normalized spacial score (nSPS) is 16.1. The van der Waals surface area contributed by atoms with Gasteiger partial charge in [-0.3, -0.25) is 0 Å². The Kier molecular flexibility index (Phi) is 3.06. The van der Waals surface area contributed by atoms with Crippen molar-refractivity contribution in [3.63, 3.8) is 0 Å². The summed E-state index contributed by atoms with van der Waals surface area (Å²) in [5.41, 5.74) is 1.06. The van der Waals surface area contributed by atoms with Crippen LogP contribution in [0.3, 0.4) is 0 Å². The second kappa shape index (κ2) is 4.85. The van der Waals surface area contributed by atoms with Gasteiger partial charge < -0.3 is 9.80 Å². The Morgan fingerprint density at radius 3 is 2.28 bits per heavy atom. The van der Waals surface area contributed by atoms with Gasteiger partial charge in [0.1, 0.15) is 5.82 Å². The first-order valence-electron chi connectivity index (χ1n) is 5.73. The van der Waals surface area contributed by atoms with Crippen LogP contribution in [0, 0.1) is 5.82 Å². The Morgan fingerprint density at radius 2 is 1.67 bits per heavy atom. The molecule has 0 radical (unpaired) electrons. The maximum Gasteiger partial charge on any atom is 0.227 e. The molecule has 1 fully saturated rings. The average molecular weight is 265 g/mol. The quantitative estimate of drug-likeness (QED) is 0.821. The fourth-order valence-electron chi connectivity index (χ4n) is 2.06. The van der Waals surface area contributed by atoms with E-state index in [1.807, 2.05) is 12.1 Å². The van der Waals surface area contributed by atoms with Crippen molar-refractivity contribution in [1.29, 1.82) is 0 Å². The van der Waals surface area contributed by atoms with Crippen LogP contribution < -0.4 is 9.80 Å². The predicted octanol–water partition coefficient (Wildman–Crippen LogP) is 1.40. The molecule has 0 spiro atoms. The summed E-state index contributed by atoms with van der Waals surface area (Å²) in [6.45, 7) is 3.55. The van der Waals surface area contributed by atoms with E-state index in [0.29, 0.717) is 0 Å². The Labute approximate surface area is 108 Å². The molecular weight excluding hydrogens is 253 g/mol. The maximum atomic E-state index is 12.9. The molecule has 0 aliphatic carbocycles. The van der Waals surface area contributed by atoms with Gasteiger partial charge in [-0.15, -0.1) is 0 Å². The smallest absolute Gasteiger partial charge is 0.227 e. The number of hydrogen-bond acceptors (Lipinski definition) is 6. The summed E-state index contributed by atoms with van der Waals surface area (Å²) >= 11 is 1.31. The van der Waals surface area contributed by atoms with Crippen molar-refractivity contribution in [2.45, 2.75) is 0 Å². The van der Waals surface area contributed by atoms with Gasteiger partial charge in [0.2, 0.25) is 5.13 Å². The summed E-state index contributed by atoms with van der Waals surface area (Å²) in [5.74, 6) is -0.197. The SMILES string of the molecule is Fc1ccc(N2CCN(c3nnns3)CC2)cc1. The molecule has 0 bridgehead atoms. The highest BCUT2D eigenvalue weighted by molar-refractivity contribution is 7.09. The molecule has 0 N–H and O–H groups in total. The zero-order valence-corrected chi connectivity index (χ0v) is 10.5. The number of anilines is 2. The summed E-state index contributed by atoms with van der Waals surface area (Å²) in [6.07, 6.45) is 0. The molecule has 0 saturated carbocycles. The van der Waals surface area contributed by atoms with Crippen LogP contribution in [0.5, 0.6) is 0 Å². The van der Waals surface area contributed by atoms with Gasteiger partial charge in [0, 0.05) is 43.4 Å². The van der Waals surface area contributed by atoms with Crippen LogP contribution in [0.2, 0.25) is 0 Å². The van der Waals surface area contributed by atoms with E-state index in [1.54, 1.807) is 0 Å². The summed E-state index contributed by atoms with van der Waals surface area (Å²) < 4.78 is 16.6. The van der Waals surface area contributed by atoms with E-state index in [1.165, 1.54) is 23.7 Å². The van der Waals surface area contributed by atoms with Gasteiger partial charge in [-0.2, -0.15) is 0 Å². The molecule has 1 aliphatic heterocycles. The Balaban J connectivity index is 1.65. The van der Waals surface area contributed by atoms with Gasteiger partial charge in [0.15, 0.2) is 0 Å². The highest BCUT2D eigenvalue weighted by Gasteiger charge is 2.19. The second-order valence-corrected chi connectivity index (χ2v) is 4.81. The molecule has 2 aromatic rings. The number of nitrogens with zero attached hydrogens (tertiary/aromatic N) is 5. The highest BCUT2D eigenvalue weighted by atomic mass is 32.1. The van der Waals surface area contributed by atoms with Gasteiger partial charge in [-0.05, 0) is 29.5 Å². The fraction of sp³-hybridized carbons (Fsp3) is 0.364. The molecule has 0 amide bonds. The van der Waals surface area contributed by atoms with E-state index in [-0.39, 0.29) is 5.82 Å². The van der Waals surface area contributed by atoms with Gasteiger partial charge >= 0.3 is 0 Å². The molecule has 0 unspecified atom stereocenters. The minimum atomic E-state index is -0.197. The molecule has 18 heavy (non-hydrogen) atoms. The monoisotopic (exact) mass is 265 g/mol. The first kappa shape index (κ1) is 11.3. The largest absolute Gasteiger partial charge is 0.368 e. The molecule has 1 aliphatic rings. The minimum Gasteiger partial charge on any atom is -0.368 e. The van der Waals surface area contributed by atoms with Crippen LogP contribution in [0.15, 0.2) is 24.3 Å². The number of piperazine rings is 1. The summed E-state index contributed by atoms with van der Waals surface area (Å²) in [7, 11) is 0. The Morgan fingerprint density at radius 1 is 1.00 bits per heavy atom. The number of halogens is 1. The molecule has 1 aromatic carbocycles. The van der Waals surface area contributed by atoms with Gasteiger partial charge in [-0.1, -0.05) is 9.59 Å². The number of rotatable bonds is 2. The molecule has 7 heteroatoms. The Bertz CT molecular complexity index is 493. The third kappa shape index (κ3) is 2.26. The molecule has 2 heterocycles. The number of hydrogen-bond donors (Lipinski definition) is 0. The molecule has 3 rings (SSSR count). The fourth-order valence-corrected chi connectivity index (χ4v) is 2.58. The highest BCUT2D eigenvalue weighted by Crippen LogP contribution is 2.20. The summed E-state index contributed by atoms with van der Waals surface area (Å²) in [6, 6.07) is 6.63. The van der Waals surface area contributed by atoms with E-state index in [2.05, 4.69) is 24.6 Å². The van der Waals surface area contributed by atoms with Crippen LogP contribution in [0.1, 0.15) is 0 Å². The topological polar surface area (TPSA) is 45.2 Å². The summed E-state index contributed by atoms with van der Waals surface area (Å²) in [5, 5.41) is 8.44. The van der Waals surface area contributed by atoms with E-state index >= 15 is 0 Å². The molecule has 5 nitrogen and oxygen atoms in total. The van der Waals surface area contributed by atoms with E-state index < -0.39 is 0 Å². The van der Waals surface area contributed by atoms with Crippen molar-refractivity contribution in [1.82, 2.24) is 14.8 Å². The van der Waals surface area contributed by atoms with Crippen LogP contribution >= 0.6 is 11.5 Å². The van der Waals surface area contributed by atoms with E-state index in [9.17, 15) is 4.39 Å². The van der Waals surface area contributed by atoms with Crippen LogP contribution in [-0.4, -0.2) is 41.0 Å². The third-order valence-electron chi connectivity index (χ3n) is 3.03. The number of benzene rings is 1. The minimum absolute atomic E-state index is 0.197. The maximum absolute atomic E-state index is 12.9. The summed E-state index contributed by atoms with van der Waals surface area (Å²) in [4.78, 5) is 4.41. The zero-order valence-electron chi connectivity index (χ0n) is 9.66. The number of aromatic nitrogens is 3. The lowest BCUT2D eigenvalue weighted by Crippen LogP contribution is -2.46. The van der Waals surface area contributed by atoms with E-state index in [4.69, 9.17) is 0 Å². The van der Waals surface area contributed by atoms with E-state index in [0.717, 1.165) is 37.0 Å². The third-order valence-corrected chi connectivity index (χ3v) is 3.69. The van der Waals surface area contributed by atoms with Crippen molar-refractivity contribution in [2.24, 2.45) is 0 Å². The van der Waals surface area contributed by atoms with Crippen LogP contribution in [-0.2, 0) is 0 Å². The van der Waals surface area contributed by atoms with Gasteiger partial charge in [-0.25, -0.2) is 4.39 Å². The standard InChI is InChI=1S/C11H12FN5S/c12-9-1-3-10(4-2-9)16-5-7-17(8-6-16)11-13-14-15-18-11/h1-4H,5-8H2. The molecule has 1 aromatic heterocycles. The lowest BCUT2D eigenvalue weighted by atomic mass is 10.2. The average Bonchev–Trinajstić information content (AvgIpc) is 2.94. The van der Waals surface area contributed by atoms with Crippen molar-refractivity contribution in [3.05, 3.63) is 30.1 Å². The Hall–Kier alpha value is -1.76. The molecule has 94 valence electrons.